The second-order valence-corrected chi connectivity index (χ2v) is 6.29. The van der Waals surface area contributed by atoms with E-state index in [1.807, 2.05) is 6.92 Å². The van der Waals surface area contributed by atoms with Gasteiger partial charge in [-0.2, -0.15) is 0 Å². The highest BCUT2D eigenvalue weighted by Gasteiger charge is 2.14. The number of methoxy groups -OCH3 is 1. The Kier molecular flexibility index (Phi) is 6.41. The number of furan rings is 1. The van der Waals surface area contributed by atoms with Crippen LogP contribution in [-0.2, 0) is 0 Å². The van der Waals surface area contributed by atoms with Crippen LogP contribution in [0.2, 0.25) is 5.02 Å². The molecule has 0 aliphatic heterocycles. The first-order valence-corrected chi connectivity index (χ1v) is 9.16. The number of benzene rings is 2. The molecule has 7 nitrogen and oxygen atoms in total. The second kappa shape index (κ2) is 9.16. The van der Waals surface area contributed by atoms with Gasteiger partial charge in [0, 0.05) is 11.3 Å². The third-order valence-electron chi connectivity index (χ3n) is 3.94. The Morgan fingerprint density at radius 1 is 1.03 bits per heavy atom. The summed E-state index contributed by atoms with van der Waals surface area (Å²) < 4.78 is 15.7. The molecule has 8 heteroatoms. The lowest BCUT2D eigenvalue weighted by molar-refractivity contribution is 0.0995. The number of carbonyl (C=O) groups excluding carboxylic acids is 2. The number of anilines is 2. The number of rotatable bonds is 7. The first-order chi connectivity index (χ1) is 14.0. The van der Waals surface area contributed by atoms with Gasteiger partial charge in [-0.05, 0) is 55.5 Å². The Morgan fingerprint density at radius 2 is 1.83 bits per heavy atom. The van der Waals surface area contributed by atoms with Crippen molar-refractivity contribution in [1.29, 1.82) is 0 Å². The molecule has 3 rings (SSSR count). The Balaban J connectivity index is 1.79. The standard InChI is InChI=1S/C21H19ClN2O5/c1-3-28-17-8-6-13(11-15(17)22)20(25)24-16-12-14(7-9-18(16)27-2)23-21(26)19-5-4-10-29-19/h4-12H,3H2,1-2H3,(H,23,26)(H,24,25). The van der Waals surface area contributed by atoms with Gasteiger partial charge in [0.1, 0.15) is 11.5 Å². The van der Waals surface area contributed by atoms with Crippen molar-refractivity contribution in [2.75, 3.05) is 24.4 Å². The molecular weight excluding hydrogens is 396 g/mol. The van der Waals surface area contributed by atoms with Gasteiger partial charge in [0.2, 0.25) is 0 Å². The molecule has 1 aromatic heterocycles. The Labute approximate surface area is 172 Å². The molecule has 2 aromatic carbocycles. The zero-order chi connectivity index (χ0) is 20.8. The summed E-state index contributed by atoms with van der Waals surface area (Å²) in [5.74, 6) is 0.325. The molecule has 2 N–H and O–H groups in total. The van der Waals surface area contributed by atoms with Crippen molar-refractivity contribution in [3.05, 3.63) is 71.1 Å². The largest absolute Gasteiger partial charge is 0.495 e. The van der Waals surface area contributed by atoms with Gasteiger partial charge in [0.15, 0.2) is 5.76 Å². The van der Waals surface area contributed by atoms with Crippen molar-refractivity contribution in [3.63, 3.8) is 0 Å². The summed E-state index contributed by atoms with van der Waals surface area (Å²) >= 11 is 6.16. The number of nitrogens with one attached hydrogen (secondary N) is 2. The average Bonchev–Trinajstić information content (AvgIpc) is 3.25. The van der Waals surface area contributed by atoms with E-state index in [2.05, 4.69) is 10.6 Å². The number of carbonyl (C=O) groups is 2. The summed E-state index contributed by atoms with van der Waals surface area (Å²) in [4.78, 5) is 24.8. The maximum absolute atomic E-state index is 12.7. The lowest BCUT2D eigenvalue weighted by atomic mass is 10.2. The van der Waals surface area contributed by atoms with Crippen molar-refractivity contribution in [3.8, 4) is 11.5 Å². The summed E-state index contributed by atoms with van der Waals surface area (Å²) in [5, 5.41) is 5.81. The lowest BCUT2D eigenvalue weighted by Gasteiger charge is -2.13. The third kappa shape index (κ3) is 4.89. The molecule has 150 valence electrons. The highest BCUT2D eigenvalue weighted by molar-refractivity contribution is 6.32. The van der Waals surface area contributed by atoms with E-state index >= 15 is 0 Å². The summed E-state index contributed by atoms with van der Waals surface area (Å²) in [6.45, 7) is 2.32. The van der Waals surface area contributed by atoms with Crippen LogP contribution in [0.1, 0.15) is 27.8 Å². The van der Waals surface area contributed by atoms with Gasteiger partial charge in [-0.3, -0.25) is 9.59 Å². The SMILES string of the molecule is CCOc1ccc(C(=O)Nc2cc(NC(=O)c3ccco3)ccc2OC)cc1Cl. The molecule has 0 saturated carbocycles. The minimum atomic E-state index is -0.407. The Morgan fingerprint density at radius 3 is 2.48 bits per heavy atom. The average molecular weight is 415 g/mol. The molecule has 0 fully saturated rings. The molecule has 1 heterocycles. The highest BCUT2D eigenvalue weighted by atomic mass is 35.5. The zero-order valence-electron chi connectivity index (χ0n) is 15.8. The van der Waals surface area contributed by atoms with Crippen LogP contribution in [0.3, 0.4) is 0 Å². The molecule has 0 unspecified atom stereocenters. The van der Waals surface area contributed by atoms with Gasteiger partial charge in [-0.1, -0.05) is 11.6 Å². The van der Waals surface area contributed by atoms with Gasteiger partial charge in [0.25, 0.3) is 11.8 Å². The van der Waals surface area contributed by atoms with Crippen LogP contribution in [0.4, 0.5) is 11.4 Å². The van der Waals surface area contributed by atoms with E-state index in [1.165, 1.54) is 19.4 Å². The monoisotopic (exact) mass is 414 g/mol. The number of ether oxygens (including phenoxy) is 2. The van der Waals surface area contributed by atoms with E-state index in [0.717, 1.165) is 0 Å². The number of amides is 2. The molecule has 0 spiro atoms. The van der Waals surface area contributed by atoms with Crippen LogP contribution in [0, 0.1) is 0 Å². The van der Waals surface area contributed by atoms with Crippen molar-refractivity contribution in [2.24, 2.45) is 0 Å². The van der Waals surface area contributed by atoms with Crippen molar-refractivity contribution in [2.45, 2.75) is 6.92 Å². The predicted octanol–water partition coefficient (Wildman–Crippen LogP) is 4.84. The quantitative estimate of drug-likeness (QED) is 0.577. The fourth-order valence-electron chi connectivity index (χ4n) is 2.59. The molecule has 0 bridgehead atoms. The van der Waals surface area contributed by atoms with Crippen molar-refractivity contribution >= 4 is 34.8 Å². The molecule has 0 aliphatic carbocycles. The topological polar surface area (TPSA) is 89.8 Å². The van der Waals surface area contributed by atoms with E-state index in [4.69, 9.17) is 25.5 Å². The minimum absolute atomic E-state index is 0.176. The van der Waals surface area contributed by atoms with Crippen LogP contribution < -0.4 is 20.1 Å². The van der Waals surface area contributed by atoms with Crippen LogP contribution in [0.15, 0.2) is 59.2 Å². The summed E-state index contributed by atoms with van der Waals surface area (Å²) in [6.07, 6.45) is 1.41. The number of hydrogen-bond donors (Lipinski definition) is 2. The first kappa shape index (κ1) is 20.3. The molecule has 2 amide bonds. The maximum atomic E-state index is 12.7. The first-order valence-electron chi connectivity index (χ1n) is 8.78. The molecule has 0 aliphatic rings. The van der Waals surface area contributed by atoms with Gasteiger partial charge in [-0.25, -0.2) is 0 Å². The summed E-state index contributed by atoms with van der Waals surface area (Å²) in [7, 11) is 1.49. The van der Waals surface area contributed by atoms with Gasteiger partial charge in [0.05, 0.1) is 30.7 Å². The van der Waals surface area contributed by atoms with E-state index in [1.54, 1.807) is 42.5 Å². The van der Waals surface area contributed by atoms with E-state index in [-0.39, 0.29) is 11.7 Å². The molecule has 29 heavy (non-hydrogen) atoms. The summed E-state index contributed by atoms with van der Waals surface area (Å²) in [6, 6.07) is 12.8. The number of halogens is 1. The summed E-state index contributed by atoms with van der Waals surface area (Å²) in [5.41, 5.74) is 1.21. The van der Waals surface area contributed by atoms with Crippen LogP contribution >= 0.6 is 11.6 Å². The van der Waals surface area contributed by atoms with Gasteiger partial charge < -0.3 is 24.5 Å². The third-order valence-corrected chi connectivity index (χ3v) is 4.24. The zero-order valence-corrected chi connectivity index (χ0v) is 16.6. The smallest absolute Gasteiger partial charge is 0.291 e. The van der Waals surface area contributed by atoms with E-state index in [0.29, 0.717) is 40.1 Å². The fourth-order valence-corrected chi connectivity index (χ4v) is 2.83. The fraction of sp³-hybridized carbons (Fsp3) is 0.143. The molecule has 3 aromatic rings. The Bertz CT molecular complexity index is 1020. The van der Waals surface area contributed by atoms with Gasteiger partial charge in [-0.15, -0.1) is 0 Å². The van der Waals surface area contributed by atoms with Gasteiger partial charge >= 0.3 is 0 Å². The molecular formula is C21H19ClN2O5. The highest BCUT2D eigenvalue weighted by Crippen LogP contribution is 2.30. The van der Waals surface area contributed by atoms with Crippen molar-refractivity contribution < 1.29 is 23.5 Å². The normalized spacial score (nSPS) is 10.3. The molecule has 0 atom stereocenters. The predicted molar refractivity (Wildman–Crippen MR) is 110 cm³/mol. The van der Waals surface area contributed by atoms with Crippen molar-refractivity contribution in [1.82, 2.24) is 0 Å². The maximum Gasteiger partial charge on any atom is 0.291 e. The van der Waals surface area contributed by atoms with E-state index < -0.39 is 5.91 Å². The molecule has 0 radical (unpaired) electrons. The molecule has 0 saturated heterocycles. The second-order valence-electron chi connectivity index (χ2n) is 5.88. The van der Waals surface area contributed by atoms with Crippen LogP contribution in [0.5, 0.6) is 11.5 Å². The van der Waals surface area contributed by atoms with Crippen LogP contribution in [0.25, 0.3) is 0 Å². The lowest BCUT2D eigenvalue weighted by Crippen LogP contribution is -2.14. The number of hydrogen-bond acceptors (Lipinski definition) is 5. The van der Waals surface area contributed by atoms with Crippen LogP contribution in [-0.4, -0.2) is 25.5 Å². The minimum Gasteiger partial charge on any atom is -0.495 e. The Hall–Kier alpha value is -3.45. The van der Waals surface area contributed by atoms with E-state index in [9.17, 15) is 9.59 Å².